The van der Waals surface area contributed by atoms with Crippen molar-refractivity contribution >= 4 is 6.08 Å². The highest BCUT2D eigenvalue weighted by atomic mass is 16.5. The fourth-order valence-corrected chi connectivity index (χ4v) is 1.46. The third-order valence-electron chi connectivity index (χ3n) is 2.12. The minimum atomic E-state index is 0.598. The Labute approximate surface area is 85.2 Å². The molecule has 0 unspecified atom stereocenters. The quantitative estimate of drug-likeness (QED) is 0.714. The molecule has 76 valence electrons. The van der Waals surface area contributed by atoms with E-state index < -0.39 is 0 Å². The van der Waals surface area contributed by atoms with Gasteiger partial charge in [0.2, 0.25) is 0 Å². The summed E-state index contributed by atoms with van der Waals surface area (Å²) in [6.07, 6.45) is 1.84. The summed E-state index contributed by atoms with van der Waals surface area (Å²) in [4.78, 5) is 0. The lowest BCUT2D eigenvalue weighted by atomic mass is 10.0. The SMILES string of the molecule is C=Cc1cccc(COC)c1COC. The lowest BCUT2D eigenvalue weighted by Gasteiger charge is -2.11. The van der Waals surface area contributed by atoms with Crippen molar-refractivity contribution in [3.8, 4) is 0 Å². The maximum Gasteiger partial charge on any atom is 0.0722 e. The van der Waals surface area contributed by atoms with Gasteiger partial charge in [0.1, 0.15) is 0 Å². The summed E-state index contributed by atoms with van der Waals surface area (Å²) in [7, 11) is 3.38. The fourth-order valence-electron chi connectivity index (χ4n) is 1.46. The Hall–Kier alpha value is -1.12. The zero-order valence-corrected chi connectivity index (χ0v) is 8.75. The normalized spacial score (nSPS) is 10.1. The standard InChI is InChI=1S/C12H16O2/c1-4-10-6-5-7-11(8-13-2)12(10)9-14-3/h4-7H,1,8-9H2,2-3H3. The molecule has 0 spiro atoms. The number of benzene rings is 1. The van der Waals surface area contributed by atoms with E-state index in [0.717, 1.165) is 16.7 Å². The van der Waals surface area contributed by atoms with Crippen molar-refractivity contribution in [2.45, 2.75) is 13.2 Å². The monoisotopic (exact) mass is 192 g/mol. The highest BCUT2D eigenvalue weighted by Gasteiger charge is 2.05. The van der Waals surface area contributed by atoms with E-state index in [0.29, 0.717) is 13.2 Å². The molecule has 1 aromatic rings. The first-order chi connectivity index (χ1) is 6.83. The van der Waals surface area contributed by atoms with Crippen LogP contribution in [0.3, 0.4) is 0 Å². The fraction of sp³-hybridized carbons (Fsp3) is 0.333. The zero-order chi connectivity index (χ0) is 10.4. The van der Waals surface area contributed by atoms with Gasteiger partial charge in [-0.25, -0.2) is 0 Å². The van der Waals surface area contributed by atoms with Crippen LogP contribution in [0.5, 0.6) is 0 Å². The topological polar surface area (TPSA) is 18.5 Å². The molecule has 0 saturated carbocycles. The molecule has 1 aromatic carbocycles. The number of hydrogen-bond donors (Lipinski definition) is 0. The van der Waals surface area contributed by atoms with Gasteiger partial charge in [-0.2, -0.15) is 0 Å². The van der Waals surface area contributed by atoms with Crippen molar-refractivity contribution in [1.82, 2.24) is 0 Å². The van der Waals surface area contributed by atoms with Gasteiger partial charge in [0, 0.05) is 14.2 Å². The van der Waals surface area contributed by atoms with Crippen LogP contribution >= 0.6 is 0 Å². The summed E-state index contributed by atoms with van der Waals surface area (Å²) in [6.45, 7) is 4.99. The van der Waals surface area contributed by atoms with Crippen LogP contribution in [0.2, 0.25) is 0 Å². The van der Waals surface area contributed by atoms with Gasteiger partial charge in [0.05, 0.1) is 13.2 Å². The molecule has 0 aliphatic rings. The second-order valence-electron chi connectivity index (χ2n) is 3.06. The number of methoxy groups -OCH3 is 2. The van der Waals surface area contributed by atoms with Gasteiger partial charge in [-0.1, -0.05) is 30.9 Å². The van der Waals surface area contributed by atoms with Gasteiger partial charge in [0.25, 0.3) is 0 Å². The maximum atomic E-state index is 5.15. The minimum absolute atomic E-state index is 0.598. The van der Waals surface area contributed by atoms with Crippen LogP contribution in [0.4, 0.5) is 0 Å². The van der Waals surface area contributed by atoms with Gasteiger partial charge in [-0.15, -0.1) is 0 Å². The minimum Gasteiger partial charge on any atom is -0.380 e. The third kappa shape index (κ3) is 2.44. The second-order valence-corrected chi connectivity index (χ2v) is 3.06. The molecule has 0 aliphatic carbocycles. The predicted octanol–water partition coefficient (Wildman–Crippen LogP) is 2.62. The lowest BCUT2D eigenvalue weighted by molar-refractivity contribution is 0.168. The molecule has 14 heavy (non-hydrogen) atoms. The third-order valence-corrected chi connectivity index (χ3v) is 2.12. The van der Waals surface area contributed by atoms with E-state index in [4.69, 9.17) is 9.47 Å². The van der Waals surface area contributed by atoms with Crippen LogP contribution in [-0.2, 0) is 22.7 Å². The molecule has 0 aliphatic heterocycles. The van der Waals surface area contributed by atoms with E-state index >= 15 is 0 Å². The largest absolute Gasteiger partial charge is 0.380 e. The molecule has 0 amide bonds. The first kappa shape index (κ1) is 11.0. The second kappa shape index (κ2) is 5.58. The van der Waals surface area contributed by atoms with E-state index in [2.05, 4.69) is 6.58 Å². The molecule has 0 aromatic heterocycles. The Morgan fingerprint density at radius 2 is 1.93 bits per heavy atom. The molecule has 0 bridgehead atoms. The van der Waals surface area contributed by atoms with Crippen molar-refractivity contribution in [3.63, 3.8) is 0 Å². The van der Waals surface area contributed by atoms with Gasteiger partial charge in [-0.3, -0.25) is 0 Å². The summed E-state index contributed by atoms with van der Waals surface area (Å²) in [5.41, 5.74) is 3.43. The maximum absolute atomic E-state index is 5.15. The number of hydrogen-bond acceptors (Lipinski definition) is 2. The van der Waals surface area contributed by atoms with Crippen LogP contribution in [-0.4, -0.2) is 14.2 Å². The van der Waals surface area contributed by atoms with Crippen LogP contribution in [0.25, 0.3) is 6.08 Å². The summed E-state index contributed by atoms with van der Waals surface area (Å²) < 4.78 is 10.3. The molecule has 0 saturated heterocycles. The molecular formula is C12H16O2. The molecule has 1 rings (SSSR count). The van der Waals surface area contributed by atoms with Crippen molar-refractivity contribution in [3.05, 3.63) is 41.5 Å². The Balaban J connectivity index is 3.06. The smallest absolute Gasteiger partial charge is 0.0722 e. The van der Waals surface area contributed by atoms with Crippen LogP contribution < -0.4 is 0 Å². The van der Waals surface area contributed by atoms with E-state index in [1.807, 2.05) is 24.3 Å². The highest BCUT2D eigenvalue weighted by molar-refractivity contribution is 5.54. The highest BCUT2D eigenvalue weighted by Crippen LogP contribution is 2.17. The molecule has 0 heterocycles. The molecule has 0 radical (unpaired) electrons. The Morgan fingerprint density at radius 1 is 1.21 bits per heavy atom. The predicted molar refractivity (Wildman–Crippen MR) is 58.0 cm³/mol. The molecule has 2 nitrogen and oxygen atoms in total. The van der Waals surface area contributed by atoms with Crippen molar-refractivity contribution < 1.29 is 9.47 Å². The van der Waals surface area contributed by atoms with Gasteiger partial charge < -0.3 is 9.47 Å². The Kier molecular flexibility index (Phi) is 4.36. The average Bonchev–Trinajstić information content (AvgIpc) is 2.21. The van der Waals surface area contributed by atoms with Crippen molar-refractivity contribution in [2.75, 3.05) is 14.2 Å². The summed E-state index contributed by atoms with van der Waals surface area (Å²) in [5, 5.41) is 0. The summed E-state index contributed by atoms with van der Waals surface area (Å²) >= 11 is 0. The molecule has 2 heteroatoms. The van der Waals surface area contributed by atoms with E-state index in [1.165, 1.54) is 0 Å². The molecule has 0 fully saturated rings. The average molecular weight is 192 g/mol. The van der Waals surface area contributed by atoms with Gasteiger partial charge in [-0.05, 0) is 16.7 Å². The first-order valence-corrected chi connectivity index (χ1v) is 4.54. The summed E-state index contributed by atoms with van der Waals surface area (Å²) in [5.74, 6) is 0. The molecular weight excluding hydrogens is 176 g/mol. The number of rotatable bonds is 5. The van der Waals surface area contributed by atoms with E-state index in [1.54, 1.807) is 14.2 Å². The van der Waals surface area contributed by atoms with Crippen molar-refractivity contribution in [1.29, 1.82) is 0 Å². The van der Waals surface area contributed by atoms with Crippen LogP contribution in [0.1, 0.15) is 16.7 Å². The molecule has 0 atom stereocenters. The van der Waals surface area contributed by atoms with E-state index in [-0.39, 0.29) is 0 Å². The van der Waals surface area contributed by atoms with Crippen LogP contribution in [0, 0.1) is 0 Å². The van der Waals surface area contributed by atoms with Crippen molar-refractivity contribution in [2.24, 2.45) is 0 Å². The Bertz CT molecular complexity index is 305. The summed E-state index contributed by atoms with van der Waals surface area (Å²) in [6, 6.07) is 6.08. The van der Waals surface area contributed by atoms with Gasteiger partial charge in [0.15, 0.2) is 0 Å². The Morgan fingerprint density at radius 3 is 2.50 bits per heavy atom. The van der Waals surface area contributed by atoms with Crippen LogP contribution in [0.15, 0.2) is 24.8 Å². The number of ether oxygens (including phenoxy) is 2. The zero-order valence-electron chi connectivity index (χ0n) is 8.75. The molecule has 0 N–H and O–H groups in total. The van der Waals surface area contributed by atoms with Gasteiger partial charge >= 0.3 is 0 Å². The lowest BCUT2D eigenvalue weighted by Crippen LogP contribution is -2.00. The first-order valence-electron chi connectivity index (χ1n) is 4.54. The van der Waals surface area contributed by atoms with E-state index in [9.17, 15) is 0 Å².